The lowest BCUT2D eigenvalue weighted by Gasteiger charge is -2.37. The summed E-state index contributed by atoms with van der Waals surface area (Å²) in [5.41, 5.74) is 0.0666. The van der Waals surface area contributed by atoms with Crippen LogP contribution in [0.25, 0.3) is 0 Å². The molecular formula is C16H29N3O. The first-order valence-corrected chi connectivity index (χ1v) is 8.43. The fourth-order valence-electron chi connectivity index (χ4n) is 4.01. The first-order valence-electron chi connectivity index (χ1n) is 8.43. The zero-order valence-electron chi connectivity index (χ0n) is 12.8. The van der Waals surface area contributed by atoms with Crippen LogP contribution in [0, 0.1) is 0 Å². The zero-order chi connectivity index (χ0) is 14.0. The molecule has 114 valence electrons. The Morgan fingerprint density at radius 1 is 1.20 bits per heavy atom. The van der Waals surface area contributed by atoms with Gasteiger partial charge in [0.2, 0.25) is 5.91 Å². The van der Waals surface area contributed by atoms with E-state index in [1.807, 2.05) is 7.05 Å². The summed E-state index contributed by atoms with van der Waals surface area (Å²) in [5, 5.41) is 6.72. The molecule has 1 unspecified atom stereocenters. The van der Waals surface area contributed by atoms with Crippen LogP contribution in [-0.4, -0.2) is 48.6 Å². The maximum atomic E-state index is 12.4. The van der Waals surface area contributed by atoms with E-state index in [9.17, 15) is 4.79 Å². The lowest BCUT2D eigenvalue weighted by Crippen LogP contribution is -2.49. The lowest BCUT2D eigenvalue weighted by atomic mass is 9.79. The summed E-state index contributed by atoms with van der Waals surface area (Å²) in [5.74, 6) is 0.254. The third kappa shape index (κ3) is 3.34. The topological polar surface area (TPSA) is 44.4 Å². The van der Waals surface area contributed by atoms with Gasteiger partial charge in [-0.15, -0.1) is 0 Å². The minimum atomic E-state index is 0.0666. The van der Waals surface area contributed by atoms with E-state index in [0.29, 0.717) is 12.5 Å². The Morgan fingerprint density at radius 3 is 2.60 bits per heavy atom. The second-order valence-corrected chi connectivity index (χ2v) is 7.05. The molecule has 0 aromatic heterocycles. The van der Waals surface area contributed by atoms with Gasteiger partial charge in [0.05, 0.1) is 0 Å². The van der Waals surface area contributed by atoms with Crippen LogP contribution in [0.3, 0.4) is 0 Å². The molecule has 4 nitrogen and oxygen atoms in total. The number of hydrogen-bond acceptors (Lipinski definition) is 3. The van der Waals surface area contributed by atoms with Crippen LogP contribution in [-0.2, 0) is 4.79 Å². The Labute approximate surface area is 122 Å². The van der Waals surface area contributed by atoms with Crippen molar-refractivity contribution in [3.8, 4) is 0 Å². The second-order valence-electron chi connectivity index (χ2n) is 7.05. The van der Waals surface area contributed by atoms with Gasteiger partial charge in [-0.2, -0.15) is 0 Å². The van der Waals surface area contributed by atoms with E-state index in [-0.39, 0.29) is 11.4 Å². The molecule has 0 aromatic carbocycles. The molecule has 1 heterocycles. The quantitative estimate of drug-likeness (QED) is 0.804. The molecule has 0 spiro atoms. The maximum absolute atomic E-state index is 12.4. The largest absolute Gasteiger partial charge is 0.352 e. The summed E-state index contributed by atoms with van der Waals surface area (Å²) in [6.07, 6.45) is 10.7. The van der Waals surface area contributed by atoms with Gasteiger partial charge >= 0.3 is 0 Å². The normalized spacial score (nSPS) is 30.4. The molecule has 3 fully saturated rings. The Bertz CT molecular complexity index is 348. The van der Waals surface area contributed by atoms with Gasteiger partial charge < -0.3 is 10.6 Å². The molecule has 2 N–H and O–H groups in total. The minimum Gasteiger partial charge on any atom is -0.352 e. The number of nitrogens with one attached hydrogen (secondary N) is 2. The Kier molecular flexibility index (Phi) is 4.32. The van der Waals surface area contributed by atoms with Gasteiger partial charge in [0.15, 0.2) is 0 Å². The van der Waals surface area contributed by atoms with Crippen molar-refractivity contribution >= 4 is 5.91 Å². The van der Waals surface area contributed by atoms with Crippen LogP contribution >= 0.6 is 0 Å². The number of hydrogen-bond donors (Lipinski definition) is 2. The zero-order valence-corrected chi connectivity index (χ0v) is 12.8. The van der Waals surface area contributed by atoms with Crippen LogP contribution in [0.1, 0.15) is 57.8 Å². The summed E-state index contributed by atoms with van der Waals surface area (Å²) in [7, 11) is 2.02. The third-order valence-electron chi connectivity index (χ3n) is 5.49. The number of carbonyl (C=O) groups is 1. The van der Waals surface area contributed by atoms with Crippen molar-refractivity contribution in [3.63, 3.8) is 0 Å². The molecule has 1 atom stereocenters. The van der Waals surface area contributed by atoms with Crippen molar-refractivity contribution in [3.05, 3.63) is 0 Å². The molecule has 3 aliphatic rings. The van der Waals surface area contributed by atoms with Gasteiger partial charge in [-0.25, -0.2) is 0 Å². The van der Waals surface area contributed by atoms with Crippen LogP contribution in [0.4, 0.5) is 0 Å². The Morgan fingerprint density at radius 2 is 1.95 bits per heavy atom. The highest BCUT2D eigenvalue weighted by molar-refractivity contribution is 5.77. The summed E-state index contributed by atoms with van der Waals surface area (Å²) >= 11 is 0. The number of likely N-dealkylation sites (tertiary alicyclic amines) is 1. The molecule has 4 heteroatoms. The van der Waals surface area contributed by atoms with Crippen LogP contribution in [0.15, 0.2) is 0 Å². The first-order chi connectivity index (χ1) is 9.71. The Balaban J connectivity index is 1.46. The van der Waals surface area contributed by atoms with Gasteiger partial charge in [-0.3, -0.25) is 9.69 Å². The molecule has 3 rings (SSSR count). The van der Waals surface area contributed by atoms with Crippen molar-refractivity contribution in [1.29, 1.82) is 0 Å². The number of rotatable bonds is 5. The van der Waals surface area contributed by atoms with Crippen LogP contribution in [0.2, 0.25) is 0 Å². The molecule has 2 saturated carbocycles. The van der Waals surface area contributed by atoms with Crippen molar-refractivity contribution in [2.75, 3.05) is 20.1 Å². The van der Waals surface area contributed by atoms with E-state index in [1.54, 1.807) is 0 Å². The van der Waals surface area contributed by atoms with Crippen molar-refractivity contribution in [2.45, 2.75) is 75.4 Å². The molecule has 2 aliphatic carbocycles. The number of carbonyl (C=O) groups excluding carboxylic acids is 1. The highest BCUT2D eigenvalue weighted by Gasteiger charge is 2.36. The predicted molar refractivity (Wildman–Crippen MR) is 80.6 cm³/mol. The van der Waals surface area contributed by atoms with Crippen LogP contribution in [0.5, 0.6) is 0 Å². The summed E-state index contributed by atoms with van der Waals surface area (Å²) in [6, 6.07) is 1.22. The van der Waals surface area contributed by atoms with Crippen LogP contribution < -0.4 is 10.6 Å². The van der Waals surface area contributed by atoms with E-state index in [1.165, 1.54) is 38.6 Å². The lowest BCUT2D eigenvalue weighted by molar-refractivity contribution is -0.123. The fraction of sp³-hybridized carbons (Fsp3) is 0.938. The molecule has 20 heavy (non-hydrogen) atoms. The fourth-order valence-corrected chi connectivity index (χ4v) is 4.01. The van der Waals surface area contributed by atoms with Crippen molar-refractivity contribution < 1.29 is 4.79 Å². The maximum Gasteiger partial charge on any atom is 0.222 e. The average molecular weight is 279 g/mol. The van der Waals surface area contributed by atoms with E-state index < -0.39 is 0 Å². The smallest absolute Gasteiger partial charge is 0.222 e. The van der Waals surface area contributed by atoms with E-state index in [0.717, 1.165) is 31.8 Å². The van der Waals surface area contributed by atoms with Gasteiger partial charge in [0, 0.05) is 37.1 Å². The summed E-state index contributed by atoms with van der Waals surface area (Å²) < 4.78 is 0. The molecular weight excluding hydrogens is 250 g/mol. The monoisotopic (exact) mass is 279 g/mol. The van der Waals surface area contributed by atoms with E-state index in [2.05, 4.69) is 15.5 Å². The molecule has 1 saturated heterocycles. The Hall–Kier alpha value is -0.610. The van der Waals surface area contributed by atoms with E-state index >= 15 is 0 Å². The van der Waals surface area contributed by atoms with Crippen molar-refractivity contribution in [2.24, 2.45) is 0 Å². The van der Waals surface area contributed by atoms with E-state index in [4.69, 9.17) is 0 Å². The summed E-state index contributed by atoms with van der Waals surface area (Å²) in [6.45, 7) is 2.25. The molecule has 0 bridgehead atoms. The standard InChI is InChI=1S/C16H29N3O/c1-17-16(8-3-2-4-9-16)11-15(20)18-13-7-10-19(12-13)14-5-6-14/h13-14,17H,2-12H2,1H3,(H,18,20). The predicted octanol–water partition coefficient (Wildman–Crippen LogP) is 1.65. The average Bonchev–Trinajstić information content (AvgIpc) is 3.21. The van der Waals surface area contributed by atoms with Gasteiger partial charge in [0.1, 0.15) is 0 Å². The molecule has 0 radical (unpaired) electrons. The SMILES string of the molecule is CNC1(CC(=O)NC2CCN(C3CC3)C2)CCCCC1. The second kappa shape index (κ2) is 6.02. The highest BCUT2D eigenvalue weighted by Crippen LogP contribution is 2.32. The number of nitrogens with zero attached hydrogens (tertiary/aromatic N) is 1. The van der Waals surface area contributed by atoms with Gasteiger partial charge in [0.25, 0.3) is 0 Å². The van der Waals surface area contributed by atoms with Crippen molar-refractivity contribution in [1.82, 2.24) is 15.5 Å². The summed E-state index contributed by atoms with van der Waals surface area (Å²) in [4.78, 5) is 14.9. The molecule has 1 aliphatic heterocycles. The third-order valence-corrected chi connectivity index (χ3v) is 5.49. The number of amides is 1. The van der Waals surface area contributed by atoms with Gasteiger partial charge in [-0.1, -0.05) is 19.3 Å². The van der Waals surface area contributed by atoms with Gasteiger partial charge in [-0.05, 0) is 39.2 Å². The highest BCUT2D eigenvalue weighted by atomic mass is 16.1. The minimum absolute atomic E-state index is 0.0666. The first kappa shape index (κ1) is 14.3. The molecule has 0 aromatic rings. The molecule has 1 amide bonds.